The number of rotatable bonds is 5. The first-order valence-corrected chi connectivity index (χ1v) is 8.97. The average molecular weight is 355 g/mol. The van der Waals surface area contributed by atoms with Crippen molar-refractivity contribution in [3.63, 3.8) is 0 Å². The Morgan fingerprint density at radius 1 is 1.40 bits per heavy atom. The van der Waals surface area contributed by atoms with Gasteiger partial charge in [-0.2, -0.15) is 0 Å². The molecule has 2 aromatic heterocycles. The van der Waals surface area contributed by atoms with Gasteiger partial charge in [-0.25, -0.2) is 9.67 Å². The van der Waals surface area contributed by atoms with Gasteiger partial charge in [-0.05, 0) is 41.5 Å². The quantitative estimate of drug-likeness (QED) is 0.746. The highest BCUT2D eigenvalue weighted by Gasteiger charge is 2.26. The summed E-state index contributed by atoms with van der Waals surface area (Å²) in [6.07, 6.45) is 5.50. The predicted octanol–water partition coefficient (Wildman–Crippen LogP) is 1.52. The molecule has 9 heteroatoms. The van der Waals surface area contributed by atoms with E-state index in [1.165, 1.54) is 11.0 Å². The number of carbonyl (C=O) groups is 1. The van der Waals surface area contributed by atoms with Crippen molar-refractivity contribution >= 4 is 22.4 Å². The summed E-state index contributed by atoms with van der Waals surface area (Å²) in [4.78, 5) is 19.2. The minimum Gasteiger partial charge on any atom is -0.350 e. The lowest BCUT2D eigenvalue weighted by Gasteiger charge is -2.24. The first kappa shape index (κ1) is 15.7. The van der Waals surface area contributed by atoms with Gasteiger partial charge in [0.2, 0.25) is 0 Å². The van der Waals surface area contributed by atoms with Crippen molar-refractivity contribution in [1.29, 1.82) is 0 Å². The van der Waals surface area contributed by atoms with Crippen LogP contribution in [0, 0.1) is 0 Å². The van der Waals surface area contributed by atoms with Gasteiger partial charge in [0.15, 0.2) is 5.13 Å². The smallest absolute Gasteiger partial charge is 0.251 e. The van der Waals surface area contributed by atoms with Gasteiger partial charge in [-0.3, -0.25) is 4.79 Å². The van der Waals surface area contributed by atoms with Gasteiger partial charge in [0.05, 0.1) is 5.69 Å². The van der Waals surface area contributed by atoms with E-state index in [1.807, 2.05) is 23.7 Å². The molecule has 0 aliphatic carbocycles. The molecule has 1 saturated heterocycles. The van der Waals surface area contributed by atoms with Crippen LogP contribution < -0.4 is 10.2 Å². The Morgan fingerprint density at radius 2 is 2.36 bits per heavy atom. The molecule has 1 atom stereocenters. The summed E-state index contributed by atoms with van der Waals surface area (Å²) in [5, 5.41) is 17.1. The van der Waals surface area contributed by atoms with Crippen LogP contribution in [-0.4, -0.2) is 50.2 Å². The summed E-state index contributed by atoms with van der Waals surface area (Å²) in [6, 6.07) is 7.53. The number of benzene rings is 1. The molecule has 1 aromatic carbocycles. The van der Waals surface area contributed by atoms with Crippen LogP contribution in [0.2, 0.25) is 0 Å². The largest absolute Gasteiger partial charge is 0.350 e. The van der Waals surface area contributed by atoms with Gasteiger partial charge in [0, 0.05) is 36.3 Å². The summed E-state index contributed by atoms with van der Waals surface area (Å²) in [5.74, 6) is -0.0964. The number of anilines is 1. The molecule has 1 fully saturated rings. The minimum atomic E-state index is -0.0964. The van der Waals surface area contributed by atoms with E-state index in [1.54, 1.807) is 23.5 Å². The van der Waals surface area contributed by atoms with E-state index >= 15 is 0 Å². The van der Waals surface area contributed by atoms with Crippen LogP contribution in [0.5, 0.6) is 0 Å². The first-order valence-electron chi connectivity index (χ1n) is 8.09. The molecule has 1 aliphatic rings. The minimum absolute atomic E-state index is 0.0964. The zero-order valence-electron chi connectivity index (χ0n) is 13.4. The third kappa shape index (κ3) is 3.36. The standard InChI is InChI=1S/C16H17N7OS/c24-15(12-3-1-4-13(9-12)23-11-19-20-21-23)18-10-14-5-2-7-22(14)16-17-6-8-25-16/h1,3-4,6,8-9,11,14H,2,5,7,10H2,(H,18,24). The van der Waals surface area contributed by atoms with E-state index in [4.69, 9.17) is 0 Å². The summed E-state index contributed by atoms with van der Waals surface area (Å²) in [6.45, 7) is 1.59. The molecule has 128 valence electrons. The SMILES string of the molecule is O=C(NCC1CCCN1c1nccs1)c1cccc(-n2cnnn2)c1. The molecule has 0 spiro atoms. The Kier molecular flexibility index (Phi) is 4.38. The van der Waals surface area contributed by atoms with E-state index in [-0.39, 0.29) is 11.9 Å². The van der Waals surface area contributed by atoms with Crippen molar-refractivity contribution in [1.82, 2.24) is 30.5 Å². The van der Waals surface area contributed by atoms with Crippen molar-refractivity contribution in [2.45, 2.75) is 18.9 Å². The zero-order chi connectivity index (χ0) is 17.1. The normalized spacial score (nSPS) is 17.0. The number of hydrogen-bond donors (Lipinski definition) is 1. The van der Waals surface area contributed by atoms with Crippen LogP contribution in [0.1, 0.15) is 23.2 Å². The number of amides is 1. The van der Waals surface area contributed by atoms with Crippen LogP contribution in [0.4, 0.5) is 5.13 Å². The molecule has 1 N–H and O–H groups in total. The molecule has 0 bridgehead atoms. The number of thiazole rings is 1. The first-order chi connectivity index (χ1) is 12.3. The van der Waals surface area contributed by atoms with Crippen molar-refractivity contribution in [3.05, 3.63) is 47.7 Å². The summed E-state index contributed by atoms with van der Waals surface area (Å²) in [5.41, 5.74) is 1.34. The summed E-state index contributed by atoms with van der Waals surface area (Å²) < 4.78 is 1.53. The summed E-state index contributed by atoms with van der Waals surface area (Å²) in [7, 11) is 0. The second-order valence-corrected chi connectivity index (χ2v) is 6.69. The van der Waals surface area contributed by atoms with Crippen molar-refractivity contribution in [2.24, 2.45) is 0 Å². The van der Waals surface area contributed by atoms with Crippen LogP contribution in [0.3, 0.4) is 0 Å². The molecule has 4 rings (SSSR count). The molecule has 0 saturated carbocycles. The summed E-state index contributed by atoms with van der Waals surface area (Å²) >= 11 is 1.64. The van der Waals surface area contributed by atoms with Gasteiger partial charge >= 0.3 is 0 Å². The van der Waals surface area contributed by atoms with Crippen LogP contribution in [0.15, 0.2) is 42.2 Å². The van der Waals surface area contributed by atoms with E-state index in [9.17, 15) is 4.79 Å². The van der Waals surface area contributed by atoms with Crippen molar-refractivity contribution < 1.29 is 4.79 Å². The molecule has 3 aromatic rings. The van der Waals surface area contributed by atoms with E-state index in [0.717, 1.165) is 30.2 Å². The zero-order valence-corrected chi connectivity index (χ0v) is 14.3. The molecular formula is C16H17N7OS. The maximum Gasteiger partial charge on any atom is 0.251 e. The van der Waals surface area contributed by atoms with Gasteiger partial charge < -0.3 is 10.2 Å². The molecule has 25 heavy (non-hydrogen) atoms. The number of hydrogen-bond acceptors (Lipinski definition) is 7. The second-order valence-electron chi connectivity index (χ2n) is 5.82. The Hall–Kier alpha value is -2.81. The number of aromatic nitrogens is 5. The monoisotopic (exact) mass is 355 g/mol. The number of nitrogens with one attached hydrogen (secondary N) is 1. The van der Waals surface area contributed by atoms with E-state index in [2.05, 4.69) is 30.7 Å². The van der Waals surface area contributed by atoms with Gasteiger partial charge in [0.25, 0.3) is 5.91 Å². The molecule has 1 aliphatic heterocycles. The molecule has 1 amide bonds. The Morgan fingerprint density at radius 3 is 3.16 bits per heavy atom. The third-order valence-electron chi connectivity index (χ3n) is 4.26. The molecule has 8 nitrogen and oxygen atoms in total. The molecule has 1 unspecified atom stereocenters. The lowest BCUT2D eigenvalue weighted by atomic mass is 10.1. The molecule has 3 heterocycles. The highest BCUT2D eigenvalue weighted by atomic mass is 32.1. The highest BCUT2D eigenvalue weighted by Crippen LogP contribution is 2.26. The Balaban J connectivity index is 1.41. The predicted molar refractivity (Wildman–Crippen MR) is 94.0 cm³/mol. The lowest BCUT2D eigenvalue weighted by molar-refractivity contribution is 0.0951. The second kappa shape index (κ2) is 6.98. The average Bonchev–Trinajstić information content (AvgIpc) is 3.41. The van der Waals surface area contributed by atoms with E-state index < -0.39 is 0 Å². The van der Waals surface area contributed by atoms with Crippen molar-refractivity contribution in [2.75, 3.05) is 18.0 Å². The number of carbonyl (C=O) groups excluding carboxylic acids is 1. The lowest BCUT2D eigenvalue weighted by Crippen LogP contribution is -2.40. The molecule has 0 radical (unpaired) electrons. The maximum atomic E-state index is 12.5. The van der Waals surface area contributed by atoms with E-state index in [0.29, 0.717) is 12.1 Å². The van der Waals surface area contributed by atoms with Crippen LogP contribution in [-0.2, 0) is 0 Å². The van der Waals surface area contributed by atoms with Gasteiger partial charge in [-0.1, -0.05) is 6.07 Å². The maximum absolute atomic E-state index is 12.5. The van der Waals surface area contributed by atoms with Gasteiger partial charge in [0.1, 0.15) is 6.33 Å². The van der Waals surface area contributed by atoms with Gasteiger partial charge in [-0.15, -0.1) is 16.4 Å². The fourth-order valence-electron chi connectivity index (χ4n) is 3.04. The number of tetrazole rings is 1. The fourth-order valence-corrected chi connectivity index (χ4v) is 3.78. The molecular weight excluding hydrogens is 338 g/mol. The Labute approximate surface area is 148 Å². The van der Waals surface area contributed by atoms with Crippen LogP contribution >= 0.6 is 11.3 Å². The Bertz CT molecular complexity index is 834. The highest BCUT2D eigenvalue weighted by molar-refractivity contribution is 7.13. The van der Waals surface area contributed by atoms with Crippen LogP contribution in [0.25, 0.3) is 5.69 Å². The van der Waals surface area contributed by atoms with Crippen molar-refractivity contribution in [3.8, 4) is 5.69 Å². The fraction of sp³-hybridized carbons (Fsp3) is 0.312. The third-order valence-corrected chi connectivity index (χ3v) is 5.07. The number of nitrogens with zero attached hydrogens (tertiary/aromatic N) is 6. The topological polar surface area (TPSA) is 88.8 Å².